The molecule has 37 heavy (non-hydrogen) atoms. The Kier molecular flexibility index (Phi) is 7.07. The van der Waals surface area contributed by atoms with Crippen LogP contribution < -0.4 is 21.3 Å². The second kappa shape index (κ2) is 10.6. The molecule has 3 aromatic rings. The summed E-state index contributed by atoms with van der Waals surface area (Å²) in [4.78, 5) is 29.7. The zero-order chi connectivity index (χ0) is 25.9. The van der Waals surface area contributed by atoms with E-state index in [1.807, 2.05) is 29.3 Å². The van der Waals surface area contributed by atoms with Gasteiger partial charge in [0.15, 0.2) is 5.82 Å². The number of nitrogens with zero attached hydrogens (tertiary/aromatic N) is 5. The fourth-order valence-corrected chi connectivity index (χ4v) is 4.74. The molecular formula is C27H35N9O. The number of benzene rings is 1. The minimum Gasteiger partial charge on any atom is -0.378 e. The molecule has 2 aliphatic rings. The summed E-state index contributed by atoms with van der Waals surface area (Å²) in [5, 5.41) is 16.5. The number of carbonyl (C=O) groups excluding carboxylic acids is 1. The molecule has 194 valence electrons. The Labute approximate surface area is 217 Å². The van der Waals surface area contributed by atoms with Gasteiger partial charge >= 0.3 is 6.03 Å². The van der Waals surface area contributed by atoms with Crippen LogP contribution in [0, 0.1) is 11.3 Å². The molecule has 1 saturated carbocycles. The van der Waals surface area contributed by atoms with Gasteiger partial charge in [-0.3, -0.25) is 4.98 Å². The number of hydrogen-bond acceptors (Lipinski definition) is 8. The van der Waals surface area contributed by atoms with Crippen LogP contribution >= 0.6 is 0 Å². The van der Waals surface area contributed by atoms with E-state index in [0.29, 0.717) is 49.6 Å². The maximum Gasteiger partial charge on any atom is 0.314 e. The van der Waals surface area contributed by atoms with Gasteiger partial charge in [-0.1, -0.05) is 25.1 Å². The van der Waals surface area contributed by atoms with Gasteiger partial charge in [-0.05, 0) is 49.8 Å². The van der Waals surface area contributed by atoms with Crippen LogP contribution in [-0.4, -0.2) is 64.3 Å². The summed E-state index contributed by atoms with van der Waals surface area (Å²) in [5.74, 6) is 1.72. The van der Waals surface area contributed by atoms with Crippen LogP contribution in [0.4, 0.5) is 22.2 Å². The number of aromatic nitrogens is 3. The molecule has 0 radical (unpaired) electrons. The second-order valence-electron chi connectivity index (χ2n) is 9.96. The van der Waals surface area contributed by atoms with Gasteiger partial charge in [0.2, 0.25) is 5.95 Å². The molecule has 0 spiro atoms. The van der Waals surface area contributed by atoms with Crippen molar-refractivity contribution in [2.45, 2.75) is 45.2 Å². The maximum absolute atomic E-state index is 11.6. The van der Waals surface area contributed by atoms with Crippen molar-refractivity contribution in [2.75, 3.05) is 41.7 Å². The third-order valence-electron chi connectivity index (χ3n) is 7.30. The number of hydrogen-bond donors (Lipinski definition) is 4. The Bertz CT molecular complexity index is 1280. The van der Waals surface area contributed by atoms with Gasteiger partial charge in [0.1, 0.15) is 11.4 Å². The quantitative estimate of drug-likeness (QED) is 0.325. The van der Waals surface area contributed by atoms with E-state index in [2.05, 4.69) is 36.6 Å². The van der Waals surface area contributed by atoms with Gasteiger partial charge < -0.3 is 31.6 Å². The van der Waals surface area contributed by atoms with E-state index < -0.39 is 6.03 Å². The number of amides is 2. The number of rotatable bonds is 9. The first kappa shape index (κ1) is 24.7. The lowest BCUT2D eigenvalue weighted by Gasteiger charge is -2.34. The lowest BCUT2D eigenvalue weighted by molar-refractivity contribution is 0.204. The molecule has 0 bridgehead atoms. The molecule has 2 fully saturated rings. The van der Waals surface area contributed by atoms with Crippen molar-refractivity contribution in [2.24, 2.45) is 11.7 Å². The van der Waals surface area contributed by atoms with E-state index >= 15 is 0 Å². The topological polar surface area (TPSA) is 136 Å². The molecule has 5 N–H and O–H groups in total. The normalized spacial score (nSPS) is 17.4. The van der Waals surface area contributed by atoms with Crippen LogP contribution in [0.25, 0.3) is 10.9 Å². The van der Waals surface area contributed by atoms with Crippen molar-refractivity contribution >= 4 is 40.6 Å². The van der Waals surface area contributed by atoms with Crippen molar-refractivity contribution < 1.29 is 4.79 Å². The highest BCUT2D eigenvalue weighted by molar-refractivity contribution is 5.89. The highest BCUT2D eigenvalue weighted by Crippen LogP contribution is 2.44. The molecule has 2 aromatic heterocycles. The van der Waals surface area contributed by atoms with Gasteiger partial charge in [0.05, 0.1) is 11.6 Å². The first-order valence-electron chi connectivity index (χ1n) is 13.1. The molecular weight excluding hydrogens is 466 g/mol. The number of piperazine rings is 1. The molecule has 10 nitrogen and oxygen atoms in total. The molecule has 0 unspecified atom stereocenters. The number of urea groups is 1. The molecule has 1 saturated heterocycles. The maximum atomic E-state index is 11.6. The molecule has 10 heteroatoms. The smallest absolute Gasteiger partial charge is 0.314 e. The summed E-state index contributed by atoms with van der Waals surface area (Å²) in [7, 11) is 0. The lowest BCUT2D eigenvalue weighted by Crippen LogP contribution is -2.51. The van der Waals surface area contributed by atoms with Gasteiger partial charge in [-0.2, -0.15) is 4.98 Å². The molecule has 1 aromatic carbocycles. The average Bonchev–Trinajstić information content (AvgIpc) is 3.77. The van der Waals surface area contributed by atoms with Crippen LogP contribution in [0.1, 0.15) is 50.4 Å². The van der Waals surface area contributed by atoms with Crippen LogP contribution in [0.5, 0.6) is 0 Å². The number of primary amides is 1. The van der Waals surface area contributed by atoms with Gasteiger partial charge in [-0.25, -0.2) is 9.78 Å². The van der Waals surface area contributed by atoms with Crippen LogP contribution in [0.2, 0.25) is 0 Å². The number of nitrogens with two attached hydrogens (primary N) is 1. The molecule has 2 atom stereocenters. The predicted octanol–water partition coefficient (Wildman–Crippen LogP) is 4.00. The van der Waals surface area contributed by atoms with E-state index in [4.69, 9.17) is 26.1 Å². The Hall–Kier alpha value is -3.95. The van der Waals surface area contributed by atoms with E-state index in [1.165, 1.54) is 6.21 Å². The molecule has 1 aliphatic carbocycles. The highest BCUT2D eigenvalue weighted by atomic mass is 16.2. The largest absolute Gasteiger partial charge is 0.378 e. The van der Waals surface area contributed by atoms with Crippen molar-refractivity contribution in [3.8, 4) is 0 Å². The molecule has 2 amide bonds. The Morgan fingerprint density at radius 2 is 1.95 bits per heavy atom. The number of pyridine rings is 1. The zero-order valence-corrected chi connectivity index (χ0v) is 21.4. The van der Waals surface area contributed by atoms with E-state index in [-0.39, 0.29) is 12.1 Å². The average molecular weight is 502 g/mol. The van der Waals surface area contributed by atoms with E-state index in [9.17, 15) is 4.79 Å². The summed E-state index contributed by atoms with van der Waals surface area (Å²) in [5.41, 5.74) is 8.85. The van der Waals surface area contributed by atoms with E-state index in [0.717, 1.165) is 41.4 Å². The highest BCUT2D eigenvalue weighted by Gasteiger charge is 2.34. The third kappa shape index (κ3) is 5.42. The number of anilines is 3. The predicted molar refractivity (Wildman–Crippen MR) is 147 cm³/mol. The van der Waals surface area contributed by atoms with Crippen molar-refractivity contribution in [1.82, 2.24) is 19.9 Å². The number of nitrogens with one attached hydrogen (secondary N) is 3. The SMILES string of the molecule is CC[C@@H](C)Nc1c(C=N)nc(N2CCN(C(N)=O)CC2)nc1N[C@@H](c1cnc2ccccc2c1)C1CC1. The van der Waals surface area contributed by atoms with Gasteiger partial charge in [-0.15, -0.1) is 0 Å². The summed E-state index contributed by atoms with van der Waals surface area (Å²) >= 11 is 0. The monoisotopic (exact) mass is 501 g/mol. The van der Waals surface area contributed by atoms with Crippen LogP contribution in [0.15, 0.2) is 36.5 Å². The zero-order valence-electron chi connectivity index (χ0n) is 21.4. The number of carbonyl (C=O) groups is 1. The molecule has 1 aliphatic heterocycles. The lowest BCUT2D eigenvalue weighted by atomic mass is 10.0. The van der Waals surface area contributed by atoms with Crippen LogP contribution in [-0.2, 0) is 0 Å². The number of para-hydroxylation sites is 1. The summed E-state index contributed by atoms with van der Waals surface area (Å²) in [6.45, 7) is 6.43. The minimum absolute atomic E-state index is 0.0441. The first-order valence-corrected chi connectivity index (χ1v) is 13.1. The standard InChI is InChI=1S/C27H35N9O/c1-3-17(2)31-24-22(15-28)32-27(36-12-10-35(11-13-36)26(29)37)34-25(24)33-23(18-8-9-18)20-14-19-6-4-5-7-21(19)30-16-20/h4-7,14-18,23,28,31H,3,8-13H2,1-2H3,(H2,29,37)(H,32,33,34)/t17-,23-/m1/s1. The number of fused-ring (bicyclic) bond motifs is 1. The molecule has 5 rings (SSSR count). The van der Waals surface area contributed by atoms with E-state index in [1.54, 1.807) is 4.90 Å². The Balaban J connectivity index is 1.51. The van der Waals surface area contributed by atoms with Crippen LogP contribution in [0.3, 0.4) is 0 Å². The fourth-order valence-electron chi connectivity index (χ4n) is 4.74. The fraction of sp³-hybridized carbons (Fsp3) is 0.444. The Morgan fingerprint density at radius 3 is 2.62 bits per heavy atom. The van der Waals surface area contributed by atoms with Gasteiger partial charge in [0.25, 0.3) is 0 Å². The summed E-state index contributed by atoms with van der Waals surface area (Å²) in [6, 6.07) is 10.2. The summed E-state index contributed by atoms with van der Waals surface area (Å²) < 4.78 is 0. The van der Waals surface area contributed by atoms with Crippen molar-refractivity contribution in [3.05, 3.63) is 47.8 Å². The first-order chi connectivity index (χ1) is 18.0. The minimum atomic E-state index is -0.410. The third-order valence-corrected chi connectivity index (χ3v) is 7.30. The van der Waals surface area contributed by atoms with Crippen molar-refractivity contribution in [3.63, 3.8) is 0 Å². The Morgan fingerprint density at radius 1 is 1.19 bits per heavy atom. The second-order valence-corrected chi connectivity index (χ2v) is 9.96. The van der Waals surface area contributed by atoms with Crippen molar-refractivity contribution in [1.29, 1.82) is 5.41 Å². The summed E-state index contributed by atoms with van der Waals surface area (Å²) in [6.07, 6.45) is 6.45. The molecule has 3 heterocycles. The van der Waals surface area contributed by atoms with Gasteiger partial charge in [0, 0.05) is 50.0 Å².